The van der Waals surface area contributed by atoms with Crippen LogP contribution in [0.4, 0.5) is 17.8 Å². The van der Waals surface area contributed by atoms with Gasteiger partial charge in [0.1, 0.15) is 53.5 Å². The molecule has 2 amide bonds. The van der Waals surface area contributed by atoms with Crippen LogP contribution in [0.5, 0.6) is 0 Å². The van der Waals surface area contributed by atoms with Crippen molar-refractivity contribution in [1.29, 1.82) is 0 Å². The average molecular weight is 1790 g/mol. The van der Waals surface area contributed by atoms with E-state index >= 15 is 0 Å². The van der Waals surface area contributed by atoms with Gasteiger partial charge in [0.25, 0.3) is 17.7 Å². The third kappa shape index (κ3) is 25.3. The number of fused-ring (bicyclic) bond motifs is 5. The predicted molar refractivity (Wildman–Crippen MR) is 476 cm³/mol. The molecule has 2 aromatic carbocycles. The molecule has 5 aliphatic rings. The molecule has 694 valence electrons. The molecule has 128 heavy (non-hydrogen) atoms. The smallest absolute Gasteiger partial charge is 0.329 e. The van der Waals surface area contributed by atoms with Gasteiger partial charge in [0.05, 0.1) is 80.8 Å². The number of carbonyl (C=O) groups is 6. The highest BCUT2D eigenvalue weighted by atomic mass is 32.2. The van der Waals surface area contributed by atoms with Gasteiger partial charge in [-0.15, -0.1) is 5.10 Å². The number of nitrogens with two attached hydrogens (primary N) is 3. The van der Waals surface area contributed by atoms with Crippen molar-refractivity contribution in [1.82, 2.24) is 64.2 Å². The minimum Gasteiger partial charge on any atom is -0.459 e. The lowest BCUT2D eigenvalue weighted by molar-refractivity contribution is -0.265. The fourth-order valence-corrected chi connectivity index (χ4v) is 18.9. The van der Waals surface area contributed by atoms with Crippen molar-refractivity contribution in [2.45, 2.75) is 225 Å². The van der Waals surface area contributed by atoms with Crippen LogP contribution in [0.3, 0.4) is 0 Å². The second-order valence-electron chi connectivity index (χ2n) is 34.5. The van der Waals surface area contributed by atoms with Gasteiger partial charge >= 0.3 is 5.97 Å². The molecule has 0 radical (unpaired) electrons. The Bertz CT molecular complexity index is 5190. The highest BCUT2D eigenvalue weighted by Gasteiger charge is 2.53. The van der Waals surface area contributed by atoms with Gasteiger partial charge in [0, 0.05) is 139 Å². The number of hydrogen-bond donors (Lipinski definition) is 7. The second kappa shape index (κ2) is 45.5. The van der Waals surface area contributed by atoms with Crippen molar-refractivity contribution in [3.05, 3.63) is 126 Å². The number of piperidine rings is 1. The number of amides is 2. The summed E-state index contributed by atoms with van der Waals surface area (Å²) in [5, 5.41) is 51.5. The van der Waals surface area contributed by atoms with Gasteiger partial charge < -0.3 is 85.2 Å². The van der Waals surface area contributed by atoms with Crippen LogP contribution in [-0.4, -0.2) is 264 Å². The molecule has 37 heteroatoms. The van der Waals surface area contributed by atoms with Gasteiger partial charge in [-0.05, 0) is 149 Å². The zero-order valence-corrected chi connectivity index (χ0v) is 75.3. The van der Waals surface area contributed by atoms with E-state index in [4.69, 9.17) is 69.8 Å². The van der Waals surface area contributed by atoms with Crippen molar-refractivity contribution in [3.63, 3.8) is 0 Å². The van der Waals surface area contributed by atoms with Crippen LogP contribution in [0.15, 0.2) is 119 Å². The highest BCUT2D eigenvalue weighted by molar-refractivity contribution is 7.89. The number of benzene rings is 2. The number of rotatable bonds is 29. The molecule has 0 unspecified atom stereocenters. The Morgan fingerprint density at radius 3 is 2.34 bits per heavy atom. The van der Waals surface area contributed by atoms with E-state index < -0.39 is 105 Å². The van der Waals surface area contributed by atoms with Crippen molar-refractivity contribution >= 4 is 85.1 Å². The number of nitrogens with one attached hydrogen (secondary N) is 1. The van der Waals surface area contributed by atoms with E-state index in [1.54, 1.807) is 69.0 Å². The Morgan fingerprint density at radius 2 is 1.57 bits per heavy atom. The van der Waals surface area contributed by atoms with Gasteiger partial charge in [-0.1, -0.05) is 87.6 Å². The molecule has 4 fully saturated rings. The lowest BCUT2D eigenvalue weighted by Gasteiger charge is -2.42. The summed E-state index contributed by atoms with van der Waals surface area (Å²) < 4.78 is 80.0. The highest BCUT2D eigenvalue weighted by Crippen LogP contribution is 2.39. The number of sulfonamides is 1. The van der Waals surface area contributed by atoms with E-state index in [1.807, 2.05) is 85.5 Å². The third-order valence-electron chi connectivity index (χ3n) is 25.1. The molecule has 4 aliphatic heterocycles. The number of Topliss-reactive ketones (excluding diaryl/α,β-unsaturated/α-hetero) is 3. The molecule has 10 N–H and O–H groups in total. The number of unbranched alkanes of at least 4 members (excludes halogenated alkanes) is 1. The van der Waals surface area contributed by atoms with Crippen molar-refractivity contribution in [2.24, 2.45) is 35.3 Å². The number of aryl methyl sites for hydroxylation is 2. The molecular weight excluding hydrogens is 1670 g/mol. The lowest BCUT2D eigenvalue weighted by Crippen LogP contribution is -2.61. The van der Waals surface area contributed by atoms with E-state index in [0.29, 0.717) is 162 Å². The monoisotopic (exact) mass is 1790 g/mol. The predicted octanol–water partition coefficient (Wildman–Crippen LogP) is 7.32. The van der Waals surface area contributed by atoms with Crippen LogP contribution in [0.2, 0.25) is 0 Å². The maximum absolute atomic E-state index is 14.8. The molecule has 1 saturated carbocycles. The zero-order chi connectivity index (χ0) is 91.3. The largest absolute Gasteiger partial charge is 0.459 e. The van der Waals surface area contributed by atoms with Gasteiger partial charge in [0.2, 0.25) is 27.7 Å². The quantitative estimate of drug-likeness (QED) is 0.0104. The number of oxazole rings is 1. The molecule has 12 rings (SSSR count). The second-order valence-corrected chi connectivity index (χ2v) is 36.6. The van der Waals surface area contributed by atoms with Crippen molar-refractivity contribution < 1.29 is 90.1 Å². The number of aliphatic hydroxyl groups is 3. The number of aromatic nitrogens is 10. The number of carbonyl (C=O) groups excluding carboxylic acids is 6. The third-order valence-corrected chi connectivity index (χ3v) is 27.0. The number of allylic oxidation sites excluding steroid dienone is 6. The number of ether oxygens (including phenoxy) is 7. The molecule has 9 heterocycles. The SMILES string of the molecule is CO[C@H]1C[C@@H]2CC[C@@H](C)[C@@](O)(O2)C(=O)C(=O)N2CCCC[C@H]2C(=O)O[C@H]([C@H](N)C[C@@H]2CC[C@@H](OCc3cccc(-c4cnc(N5CCN(S(=O)(=O)CCc6cn(CCOCCOCCC(=O)NCCCCn7nc(-c8ccc9oc(N)nc9c8)c8c(N)ncnc87)nn6)CC5)nc4)c3)[C@H](OC)C2)CC(=O)[C@H](C)/C=C(\C)[C@@H](O)[C@@H](O)C(=O)[C@H](C)C[C@H](C)/C=C/C=C/C=C/1C. The minimum atomic E-state index is -3.64. The van der Waals surface area contributed by atoms with Crippen LogP contribution in [0.1, 0.15) is 149 Å². The molecule has 3 saturated heterocycles. The summed E-state index contributed by atoms with van der Waals surface area (Å²) in [6.07, 6.45) is 16.9. The van der Waals surface area contributed by atoms with Crippen LogP contribution < -0.4 is 27.4 Å². The average Bonchev–Trinajstić information content (AvgIpc) is 1.78. The number of piperazine rings is 1. The number of nitrogens with zero attached hydrogens (tertiary/aromatic N) is 13. The zero-order valence-electron chi connectivity index (χ0n) is 74.4. The summed E-state index contributed by atoms with van der Waals surface area (Å²) >= 11 is 0. The number of cyclic esters (lactones) is 1. The number of ketones is 3. The molecule has 15 atom stereocenters. The first-order valence-corrected chi connectivity index (χ1v) is 46.2. The number of esters is 1. The molecule has 5 aromatic heterocycles. The molecule has 36 nitrogen and oxygen atoms in total. The first-order valence-electron chi connectivity index (χ1n) is 44.6. The van der Waals surface area contributed by atoms with Gasteiger partial charge in [0.15, 0.2) is 17.0 Å². The Morgan fingerprint density at radius 1 is 0.789 bits per heavy atom. The van der Waals surface area contributed by atoms with E-state index in [0.717, 1.165) is 32.7 Å². The summed E-state index contributed by atoms with van der Waals surface area (Å²) in [7, 11) is -0.469. The van der Waals surface area contributed by atoms with E-state index in [2.05, 4.69) is 30.6 Å². The van der Waals surface area contributed by atoms with Crippen LogP contribution >= 0.6 is 0 Å². The minimum absolute atomic E-state index is 0.00701. The van der Waals surface area contributed by atoms with Crippen LogP contribution in [0.25, 0.3) is 44.5 Å². The normalized spacial score (nSPS) is 27.4. The van der Waals surface area contributed by atoms with Gasteiger partial charge in [-0.2, -0.15) is 14.4 Å². The molecule has 0 spiro atoms. The Balaban J connectivity index is 0.568. The van der Waals surface area contributed by atoms with Crippen LogP contribution in [0, 0.1) is 29.6 Å². The Kier molecular flexibility index (Phi) is 34.5. The Labute approximate surface area is 746 Å². The van der Waals surface area contributed by atoms with E-state index in [1.165, 1.54) is 23.6 Å². The van der Waals surface area contributed by atoms with Gasteiger partial charge in [-0.3, -0.25) is 24.0 Å². The first-order chi connectivity index (χ1) is 61.5. The molecule has 2 bridgehead atoms. The summed E-state index contributed by atoms with van der Waals surface area (Å²) in [5.74, 6) is -8.62. The number of hydrogen-bond acceptors (Lipinski definition) is 31. The number of nitrogen functional groups attached to an aromatic ring is 2. The fraction of sp³-hybridized carbons (Fsp3) is 0.582. The summed E-state index contributed by atoms with van der Waals surface area (Å²) in [5.41, 5.74) is 26.4. The van der Waals surface area contributed by atoms with Gasteiger partial charge in [-0.25, -0.2) is 42.5 Å². The number of methoxy groups -OCH3 is 2. The van der Waals surface area contributed by atoms with Crippen molar-refractivity contribution in [2.75, 3.05) is 102 Å². The molecule has 7 aromatic rings. The maximum atomic E-state index is 14.8. The topological polar surface area (TPSA) is 488 Å². The maximum Gasteiger partial charge on any atom is 0.329 e. The standard InChI is InChI=1S/C91H125N17O19S/c1-56-17-10-9-11-18-57(2)75(120-7)49-68-25-22-61(6)91(117,127-68)84(114)87(115)107-31-14-12-21-71(107)88(116)125-76(50-72(109)58(3)44-60(5)82(112)83(113)81(111)59(4)43-56)69(92)46-62-23-26-74(77(47-62)121-8)124-54-63-19-16-20-64(45-63)66-51-96-90(97-52-66)104-33-35-106(36-34-104)128(118,119)42-29-67-53-105(103-101-67)37-39-123-41-40-122-38-28-78(110)95-30-13-15-32-108-86-79(85(93)98-55-99-86)80(102-108)65-24-27-73-70(48-65)100-89(94)126-73/h9-11,16-20,24,27,44-45,48,51-53,55-56,58-59,61-62,68-69,71,74-77,82-83,112-113,117H,12-15,21-23,25-26,28-43,46-47,49-50,54,92H2,1-8H3,(H2,94,100)(H,95,110)(H2,93,98,99)/b11-9+,17-10+,57-18+,60-44+/t56-,58-,59-,61-,62+,68+,69-,71+,74-,75+,76+,77-,82-,83+,91-/m1/s1. The lowest BCUT2D eigenvalue weighted by atomic mass is 9.80. The molecular formula is C91H125N17O19S. The number of anilines is 3. The van der Waals surface area contributed by atoms with E-state index in [-0.39, 0.29) is 119 Å². The first kappa shape index (κ1) is 97.0. The fourth-order valence-electron chi connectivity index (χ4n) is 17.4. The number of aliphatic hydroxyl groups excluding tert-OH is 2. The Hall–Kier alpha value is -10.0. The van der Waals surface area contributed by atoms with Crippen LogP contribution in [-0.2, 0) is 98.1 Å². The van der Waals surface area contributed by atoms with E-state index in [9.17, 15) is 52.5 Å². The summed E-state index contributed by atoms with van der Waals surface area (Å²) in [6, 6.07) is 11.2. The molecule has 1 aliphatic carbocycles. The summed E-state index contributed by atoms with van der Waals surface area (Å²) in [4.78, 5) is 110. The van der Waals surface area contributed by atoms with Crippen molar-refractivity contribution in [3.8, 4) is 22.4 Å². The summed E-state index contributed by atoms with van der Waals surface area (Å²) in [6.45, 7) is 14.4.